The van der Waals surface area contributed by atoms with Crippen LogP contribution >= 0.6 is 0 Å². The molecule has 6 rings (SSSR count). The van der Waals surface area contributed by atoms with Crippen LogP contribution in [0.3, 0.4) is 0 Å². The number of aryl methyl sites for hydroxylation is 3. The van der Waals surface area contributed by atoms with Gasteiger partial charge in [-0.05, 0) is 79.6 Å². The predicted octanol–water partition coefficient (Wildman–Crippen LogP) is 6.09. The van der Waals surface area contributed by atoms with Gasteiger partial charge in [-0.3, -0.25) is 23.9 Å². The molecule has 0 unspecified atom stereocenters. The number of carbonyl (C=O) groups excluding carboxylic acids is 1. The molecule has 9 heteroatoms. The molecule has 6 aromatic rings. The van der Waals surface area contributed by atoms with Crippen molar-refractivity contribution >= 4 is 16.7 Å². The van der Waals surface area contributed by atoms with Crippen LogP contribution in [0.15, 0.2) is 90.1 Å². The van der Waals surface area contributed by atoms with E-state index in [4.69, 9.17) is 4.74 Å². The number of nitrogens with zero attached hydrogens (tertiary/aromatic N) is 4. The SMILES string of the molecule is Cc1cc(C)n(-c2ccc(F)cc2)c(=O)c1C(=O)Cc1ccc(Oc2cc3cnn(C)c3cc2-c2cn[nH]c2)cc1. The minimum absolute atomic E-state index is 0.0464. The number of nitrogens with one attached hydrogen (secondary N) is 1. The van der Waals surface area contributed by atoms with Crippen molar-refractivity contribution in [1.29, 1.82) is 0 Å². The summed E-state index contributed by atoms with van der Waals surface area (Å²) >= 11 is 0. The van der Waals surface area contributed by atoms with Gasteiger partial charge < -0.3 is 4.74 Å². The molecule has 0 aliphatic rings. The summed E-state index contributed by atoms with van der Waals surface area (Å²) in [7, 11) is 1.89. The smallest absolute Gasteiger partial charge is 0.266 e. The van der Waals surface area contributed by atoms with Crippen LogP contribution in [-0.4, -0.2) is 30.3 Å². The number of carbonyl (C=O) groups is 1. The number of aromatic nitrogens is 5. The van der Waals surface area contributed by atoms with Crippen molar-refractivity contribution in [3.63, 3.8) is 0 Å². The second-order valence-electron chi connectivity index (χ2n) is 9.97. The summed E-state index contributed by atoms with van der Waals surface area (Å²) in [6.45, 7) is 3.54. The van der Waals surface area contributed by atoms with Crippen LogP contribution in [0.5, 0.6) is 11.5 Å². The van der Waals surface area contributed by atoms with E-state index in [-0.39, 0.29) is 17.8 Å². The number of pyridine rings is 1. The number of benzene rings is 3. The predicted molar refractivity (Wildman–Crippen MR) is 154 cm³/mol. The average molecular weight is 548 g/mol. The second kappa shape index (κ2) is 10.3. The lowest BCUT2D eigenvalue weighted by molar-refractivity contribution is 0.0990. The Morgan fingerprint density at radius 2 is 1.76 bits per heavy atom. The molecule has 41 heavy (non-hydrogen) atoms. The molecule has 0 bridgehead atoms. The Bertz CT molecular complexity index is 1950. The Morgan fingerprint density at radius 3 is 2.46 bits per heavy atom. The molecule has 0 atom stereocenters. The third-order valence-electron chi connectivity index (χ3n) is 7.13. The molecule has 0 aliphatic carbocycles. The number of ketones is 1. The minimum atomic E-state index is -0.420. The number of Topliss-reactive ketones (excluding diaryl/α,β-unsaturated/α-hetero) is 1. The number of rotatable bonds is 7. The Morgan fingerprint density at radius 1 is 1.00 bits per heavy atom. The van der Waals surface area contributed by atoms with Crippen molar-refractivity contribution in [1.82, 2.24) is 24.5 Å². The van der Waals surface area contributed by atoms with Crippen molar-refractivity contribution in [2.45, 2.75) is 20.3 Å². The number of halogens is 1. The highest BCUT2D eigenvalue weighted by Crippen LogP contribution is 2.36. The lowest BCUT2D eigenvalue weighted by atomic mass is 9.99. The zero-order chi connectivity index (χ0) is 28.7. The van der Waals surface area contributed by atoms with E-state index in [1.54, 1.807) is 55.3 Å². The van der Waals surface area contributed by atoms with Gasteiger partial charge in [0.25, 0.3) is 5.56 Å². The molecule has 0 saturated heterocycles. The van der Waals surface area contributed by atoms with E-state index in [0.29, 0.717) is 28.4 Å². The number of H-pyrrole nitrogens is 1. The first-order valence-corrected chi connectivity index (χ1v) is 13.0. The van der Waals surface area contributed by atoms with Crippen LogP contribution in [0, 0.1) is 19.7 Å². The fourth-order valence-corrected chi connectivity index (χ4v) is 5.10. The van der Waals surface area contributed by atoms with Gasteiger partial charge in [0, 0.05) is 47.6 Å². The summed E-state index contributed by atoms with van der Waals surface area (Å²) in [5.74, 6) is 0.554. The number of ether oxygens (including phenoxy) is 1. The first kappa shape index (κ1) is 25.9. The van der Waals surface area contributed by atoms with Crippen molar-refractivity contribution in [2.75, 3.05) is 0 Å². The van der Waals surface area contributed by atoms with E-state index in [0.717, 1.165) is 27.6 Å². The lowest BCUT2D eigenvalue weighted by Gasteiger charge is -2.14. The fraction of sp³-hybridized carbons (Fsp3) is 0.125. The molecule has 0 aliphatic heterocycles. The van der Waals surface area contributed by atoms with Crippen molar-refractivity contribution in [3.05, 3.63) is 124 Å². The number of hydrogen-bond donors (Lipinski definition) is 1. The fourth-order valence-electron chi connectivity index (χ4n) is 5.10. The van der Waals surface area contributed by atoms with E-state index in [1.165, 1.54) is 28.8 Å². The highest BCUT2D eigenvalue weighted by atomic mass is 19.1. The Hall–Kier alpha value is -5.31. The molecule has 8 nitrogen and oxygen atoms in total. The maximum Gasteiger partial charge on any atom is 0.266 e. The van der Waals surface area contributed by atoms with E-state index in [1.807, 2.05) is 31.3 Å². The van der Waals surface area contributed by atoms with Crippen molar-refractivity contribution in [3.8, 4) is 28.3 Å². The molecule has 0 spiro atoms. The molecule has 0 radical (unpaired) electrons. The summed E-state index contributed by atoms with van der Waals surface area (Å²) in [4.78, 5) is 26.8. The van der Waals surface area contributed by atoms with Gasteiger partial charge in [-0.2, -0.15) is 10.2 Å². The molecule has 3 aromatic heterocycles. The molecule has 204 valence electrons. The van der Waals surface area contributed by atoms with Gasteiger partial charge in [0.05, 0.1) is 23.5 Å². The largest absolute Gasteiger partial charge is 0.457 e. The summed E-state index contributed by atoms with van der Waals surface area (Å²) in [5, 5.41) is 12.2. The van der Waals surface area contributed by atoms with Crippen LogP contribution < -0.4 is 10.3 Å². The molecule has 1 N–H and O–H groups in total. The zero-order valence-corrected chi connectivity index (χ0v) is 22.7. The molecule has 3 heterocycles. The van der Waals surface area contributed by atoms with E-state index < -0.39 is 11.4 Å². The van der Waals surface area contributed by atoms with Gasteiger partial charge in [-0.1, -0.05) is 12.1 Å². The van der Waals surface area contributed by atoms with E-state index >= 15 is 0 Å². The maximum atomic E-state index is 13.5. The number of fused-ring (bicyclic) bond motifs is 1. The monoisotopic (exact) mass is 547 g/mol. The lowest BCUT2D eigenvalue weighted by Crippen LogP contribution is -2.29. The third-order valence-corrected chi connectivity index (χ3v) is 7.13. The highest BCUT2D eigenvalue weighted by molar-refractivity contribution is 5.98. The van der Waals surface area contributed by atoms with Gasteiger partial charge in [-0.25, -0.2) is 4.39 Å². The molecule has 3 aromatic carbocycles. The molecule has 0 fully saturated rings. The van der Waals surface area contributed by atoms with Gasteiger partial charge in [0.2, 0.25) is 0 Å². The summed E-state index contributed by atoms with van der Waals surface area (Å²) in [6.07, 6.45) is 5.37. The average Bonchev–Trinajstić information content (AvgIpc) is 3.60. The molecule has 0 saturated carbocycles. The molecule has 0 amide bonds. The van der Waals surface area contributed by atoms with E-state index in [2.05, 4.69) is 15.3 Å². The van der Waals surface area contributed by atoms with Gasteiger partial charge in [0.1, 0.15) is 17.3 Å². The standard InChI is InChI=1S/C32H26FN5O3/c1-19-12-20(2)38(25-8-6-24(33)7-9-25)32(40)31(19)29(39)13-21-4-10-26(11-5-21)41-30-14-22-18-36-37(3)28(22)15-27(30)23-16-34-35-17-23/h4-12,14-18H,13H2,1-3H3,(H,34,35). The molecular formula is C32H26FN5O3. The first-order valence-electron chi connectivity index (χ1n) is 13.0. The Balaban J connectivity index is 1.26. The third kappa shape index (κ3) is 4.93. The number of hydrogen-bond acceptors (Lipinski definition) is 5. The van der Waals surface area contributed by atoms with Gasteiger partial charge in [0.15, 0.2) is 5.78 Å². The summed E-state index contributed by atoms with van der Waals surface area (Å²) in [6, 6.07) is 18.6. The van der Waals surface area contributed by atoms with Crippen LogP contribution in [-0.2, 0) is 13.5 Å². The topological polar surface area (TPSA) is 94.8 Å². The van der Waals surface area contributed by atoms with Crippen molar-refractivity contribution in [2.24, 2.45) is 7.05 Å². The van der Waals surface area contributed by atoms with Gasteiger partial charge >= 0.3 is 0 Å². The zero-order valence-electron chi connectivity index (χ0n) is 22.7. The maximum absolute atomic E-state index is 13.5. The van der Waals surface area contributed by atoms with Crippen LogP contribution in [0.1, 0.15) is 27.2 Å². The van der Waals surface area contributed by atoms with Crippen molar-refractivity contribution < 1.29 is 13.9 Å². The second-order valence-corrected chi connectivity index (χ2v) is 9.97. The Labute approximate surface area is 234 Å². The minimum Gasteiger partial charge on any atom is -0.457 e. The van der Waals surface area contributed by atoms with Crippen LogP contribution in [0.4, 0.5) is 4.39 Å². The normalized spacial score (nSPS) is 11.2. The highest BCUT2D eigenvalue weighted by Gasteiger charge is 2.19. The summed E-state index contributed by atoms with van der Waals surface area (Å²) < 4.78 is 23.0. The van der Waals surface area contributed by atoms with Gasteiger partial charge in [-0.15, -0.1) is 0 Å². The quantitative estimate of drug-likeness (QED) is 0.244. The van der Waals surface area contributed by atoms with Crippen LogP contribution in [0.2, 0.25) is 0 Å². The Kier molecular flexibility index (Phi) is 6.55. The first-order chi connectivity index (χ1) is 19.8. The van der Waals surface area contributed by atoms with Crippen LogP contribution in [0.25, 0.3) is 27.7 Å². The van der Waals surface area contributed by atoms with E-state index in [9.17, 15) is 14.0 Å². The molecular weight excluding hydrogens is 521 g/mol. The summed E-state index contributed by atoms with van der Waals surface area (Å²) in [5.41, 5.74) is 4.92. The number of aromatic amines is 1.